The van der Waals surface area contributed by atoms with Crippen molar-refractivity contribution in [3.63, 3.8) is 0 Å². The zero-order valence-electron chi connectivity index (χ0n) is 16.5. The summed E-state index contributed by atoms with van der Waals surface area (Å²) in [5.74, 6) is -0.498. The topological polar surface area (TPSA) is 124 Å². The molecule has 0 saturated heterocycles. The van der Waals surface area contributed by atoms with E-state index in [4.69, 9.17) is 0 Å². The van der Waals surface area contributed by atoms with Gasteiger partial charge >= 0.3 is 0 Å². The van der Waals surface area contributed by atoms with Crippen molar-refractivity contribution in [2.45, 2.75) is 18.4 Å². The molecule has 0 atom stereocenters. The number of anilines is 1. The van der Waals surface area contributed by atoms with E-state index in [0.29, 0.717) is 22.6 Å². The third kappa shape index (κ3) is 4.24. The fraction of sp³-hybridized carbons (Fsp3) is 0.143. The van der Waals surface area contributed by atoms with E-state index in [9.17, 15) is 23.3 Å². The Morgan fingerprint density at radius 2 is 1.87 bits per heavy atom. The molecule has 0 aliphatic carbocycles. The summed E-state index contributed by atoms with van der Waals surface area (Å²) in [6, 6.07) is 13.2. The van der Waals surface area contributed by atoms with Crippen LogP contribution < -0.4 is 5.32 Å². The van der Waals surface area contributed by atoms with Gasteiger partial charge in [0.05, 0.1) is 27.8 Å². The van der Waals surface area contributed by atoms with Crippen LogP contribution in [0.15, 0.2) is 54.6 Å². The molecule has 1 aromatic heterocycles. The van der Waals surface area contributed by atoms with Crippen LogP contribution in [0.5, 0.6) is 0 Å². The molecular weight excluding hydrogens is 420 g/mol. The third-order valence-electron chi connectivity index (χ3n) is 4.90. The molecule has 4 rings (SSSR count). The Kier molecular flexibility index (Phi) is 5.15. The van der Waals surface area contributed by atoms with Gasteiger partial charge in [-0.25, -0.2) is 13.1 Å². The molecule has 2 heterocycles. The fourth-order valence-electron chi connectivity index (χ4n) is 3.38. The summed E-state index contributed by atoms with van der Waals surface area (Å²) in [7, 11) is -3.30. The standard InChI is InChI=1S/C21H18N4O5S/c1-14-4-2-3-5-19(14)24-21(17-12-31(29,30)13-18(17)23-24)22-20(26)11-8-15-6-9-16(10-7-15)25(27)28/h2-11H,12-13H2,1H3,(H,22,26)/b11-8-. The lowest BCUT2D eigenvalue weighted by atomic mass is 10.2. The van der Waals surface area contributed by atoms with Crippen LogP contribution in [0, 0.1) is 17.0 Å². The summed E-state index contributed by atoms with van der Waals surface area (Å²) in [5.41, 5.74) is 3.15. The van der Waals surface area contributed by atoms with Crippen LogP contribution in [-0.2, 0) is 26.1 Å². The molecule has 0 radical (unpaired) electrons. The number of nitro groups is 1. The Balaban J connectivity index is 1.63. The number of carbonyl (C=O) groups is 1. The largest absolute Gasteiger partial charge is 0.307 e. The first-order chi connectivity index (χ1) is 14.7. The molecule has 2 aromatic carbocycles. The lowest BCUT2D eigenvalue weighted by molar-refractivity contribution is -0.384. The average Bonchev–Trinajstić information content (AvgIpc) is 3.19. The number of sulfone groups is 1. The average molecular weight is 438 g/mol. The van der Waals surface area contributed by atoms with Crippen LogP contribution in [0.4, 0.5) is 11.5 Å². The predicted octanol–water partition coefficient (Wildman–Crippen LogP) is 3.17. The Morgan fingerprint density at radius 3 is 2.55 bits per heavy atom. The van der Waals surface area contributed by atoms with Gasteiger partial charge in [-0.15, -0.1) is 0 Å². The first-order valence-electron chi connectivity index (χ1n) is 9.34. The lowest BCUT2D eigenvalue weighted by Crippen LogP contribution is -2.15. The van der Waals surface area contributed by atoms with Crippen LogP contribution in [0.3, 0.4) is 0 Å². The van der Waals surface area contributed by atoms with Crippen molar-refractivity contribution in [1.29, 1.82) is 0 Å². The molecule has 0 unspecified atom stereocenters. The maximum absolute atomic E-state index is 12.6. The van der Waals surface area contributed by atoms with Gasteiger partial charge in [-0.2, -0.15) is 5.10 Å². The summed E-state index contributed by atoms with van der Waals surface area (Å²) in [4.78, 5) is 22.8. The number of carbonyl (C=O) groups excluding carboxylic acids is 1. The number of aromatic nitrogens is 2. The van der Waals surface area contributed by atoms with Gasteiger partial charge in [-0.1, -0.05) is 18.2 Å². The molecule has 0 fully saturated rings. The number of rotatable bonds is 5. The number of amides is 1. The highest BCUT2D eigenvalue weighted by molar-refractivity contribution is 7.90. The number of para-hydroxylation sites is 1. The smallest absolute Gasteiger partial charge is 0.269 e. The molecule has 158 valence electrons. The van der Waals surface area contributed by atoms with Crippen LogP contribution >= 0.6 is 0 Å². The minimum Gasteiger partial charge on any atom is -0.307 e. The van der Waals surface area contributed by atoms with Crippen molar-refractivity contribution in [3.05, 3.63) is 87.1 Å². The predicted molar refractivity (Wildman–Crippen MR) is 115 cm³/mol. The van der Waals surface area contributed by atoms with E-state index < -0.39 is 20.7 Å². The van der Waals surface area contributed by atoms with Crippen molar-refractivity contribution in [2.75, 3.05) is 5.32 Å². The molecule has 0 bridgehead atoms. The highest BCUT2D eigenvalue weighted by atomic mass is 32.2. The van der Waals surface area contributed by atoms with E-state index in [1.807, 2.05) is 31.2 Å². The minimum absolute atomic E-state index is 0.0412. The van der Waals surface area contributed by atoms with E-state index in [1.165, 1.54) is 36.4 Å². The third-order valence-corrected chi connectivity index (χ3v) is 6.35. The van der Waals surface area contributed by atoms with E-state index in [1.54, 1.807) is 4.68 Å². The molecule has 1 amide bonds. The molecule has 1 N–H and O–H groups in total. The fourth-order valence-corrected chi connectivity index (χ4v) is 4.88. The number of nitrogens with one attached hydrogen (secondary N) is 1. The molecule has 1 aliphatic heterocycles. The number of hydrogen-bond donors (Lipinski definition) is 1. The van der Waals surface area contributed by atoms with Crippen molar-refractivity contribution >= 4 is 33.3 Å². The second-order valence-corrected chi connectivity index (χ2v) is 9.24. The van der Waals surface area contributed by atoms with Crippen LogP contribution in [0.1, 0.15) is 22.4 Å². The number of aryl methyl sites for hydroxylation is 1. The maximum atomic E-state index is 12.6. The summed E-state index contributed by atoms with van der Waals surface area (Å²) < 4.78 is 25.7. The van der Waals surface area contributed by atoms with Crippen molar-refractivity contribution < 1.29 is 18.1 Å². The molecule has 1 aliphatic rings. The highest BCUT2D eigenvalue weighted by Crippen LogP contribution is 2.33. The molecule has 31 heavy (non-hydrogen) atoms. The number of benzene rings is 2. The number of nitro benzene ring substituents is 1. The maximum Gasteiger partial charge on any atom is 0.269 e. The van der Waals surface area contributed by atoms with Crippen molar-refractivity contribution in [2.24, 2.45) is 0 Å². The van der Waals surface area contributed by atoms with Gasteiger partial charge in [0.2, 0.25) is 5.91 Å². The normalized spacial score (nSPS) is 14.5. The summed E-state index contributed by atoms with van der Waals surface area (Å²) in [6.45, 7) is 1.90. The lowest BCUT2D eigenvalue weighted by Gasteiger charge is -2.12. The first-order valence-corrected chi connectivity index (χ1v) is 11.2. The monoisotopic (exact) mass is 438 g/mol. The van der Waals surface area contributed by atoms with Gasteiger partial charge in [0, 0.05) is 23.8 Å². The van der Waals surface area contributed by atoms with E-state index in [-0.39, 0.29) is 17.2 Å². The molecule has 0 spiro atoms. The number of fused-ring (bicyclic) bond motifs is 1. The minimum atomic E-state index is -3.30. The Bertz CT molecular complexity index is 1320. The molecule has 10 heteroatoms. The second-order valence-electron chi connectivity index (χ2n) is 7.18. The zero-order chi connectivity index (χ0) is 22.2. The molecule has 0 saturated carbocycles. The van der Waals surface area contributed by atoms with Crippen molar-refractivity contribution in [3.8, 4) is 5.69 Å². The highest BCUT2D eigenvalue weighted by Gasteiger charge is 2.33. The van der Waals surface area contributed by atoms with Crippen molar-refractivity contribution in [1.82, 2.24) is 9.78 Å². The Morgan fingerprint density at radius 1 is 1.16 bits per heavy atom. The Labute approximate surface area is 178 Å². The van der Waals surface area contributed by atoms with Gasteiger partial charge in [-0.3, -0.25) is 14.9 Å². The molecule has 9 nitrogen and oxygen atoms in total. The first kappa shape index (κ1) is 20.5. The van der Waals surface area contributed by atoms with Gasteiger partial charge in [0.15, 0.2) is 9.84 Å². The summed E-state index contributed by atoms with van der Waals surface area (Å²) in [6.07, 6.45) is 2.80. The van der Waals surface area contributed by atoms with Gasteiger partial charge in [0.25, 0.3) is 5.69 Å². The van der Waals surface area contributed by atoms with Gasteiger partial charge in [-0.05, 0) is 42.3 Å². The van der Waals surface area contributed by atoms with Gasteiger partial charge in [0.1, 0.15) is 5.82 Å². The Hall–Kier alpha value is -3.79. The molecular formula is C21H18N4O5S. The number of nitrogens with zero attached hydrogens (tertiary/aromatic N) is 3. The summed E-state index contributed by atoms with van der Waals surface area (Å²) in [5, 5.41) is 17.9. The molecule has 3 aromatic rings. The van der Waals surface area contributed by atoms with Crippen LogP contribution in [0.2, 0.25) is 0 Å². The SMILES string of the molecule is Cc1ccccc1-n1nc2c(c1NC(=O)/C=C\c1ccc([N+](=O)[O-])cc1)CS(=O)(=O)C2. The number of hydrogen-bond acceptors (Lipinski definition) is 6. The van der Waals surface area contributed by atoms with Crippen LogP contribution in [-0.4, -0.2) is 29.0 Å². The van der Waals surface area contributed by atoms with Gasteiger partial charge < -0.3 is 5.32 Å². The van der Waals surface area contributed by atoms with Crippen LogP contribution in [0.25, 0.3) is 11.8 Å². The summed E-state index contributed by atoms with van der Waals surface area (Å²) >= 11 is 0. The second kappa shape index (κ2) is 7.80. The zero-order valence-corrected chi connectivity index (χ0v) is 17.3. The number of non-ortho nitro benzene ring substituents is 1. The van der Waals surface area contributed by atoms with E-state index in [2.05, 4.69) is 10.4 Å². The quantitative estimate of drug-likeness (QED) is 0.371. The van der Waals surface area contributed by atoms with E-state index in [0.717, 1.165) is 11.3 Å². The van der Waals surface area contributed by atoms with E-state index >= 15 is 0 Å².